The highest BCUT2D eigenvalue weighted by atomic mass is 16.6. The predicted molar refractivity (Wildman–Crippen MR) is 183 cm³/mol. The molecular formula is C38H32N2O10. The first-order chi connectivity index (χ1) is 23.7. The quantitative estimate of drug-likeness (QED) is 0.107. The van der Waals surface area contributed by atoms with Gasteiger partial charge in [-0.25, -0.2) is 14.4 Å². The number of nitrogens with one attached hydrogen (secondary N) is 2. The Morgan fingerprint density at radius 2 is 1.62 bits per heavy atom. The Balaban J connectivity index is 1.29. The second-order valence-corrected chi connectivity index (χ2v) is 12.3. The molecule has 0 saturated carbocycles. The monoisotopic (exact) mass is 676 g/mol. The summed E-state index contributed by atoms with van der Waals surface area (Å²) in [5, 5.41) is 35.2. The normalized spacial score (nSPS) is 11.7. The van der Waals surface area contributed by atoms with E-state index < -0.39 is 35.6 Å². The van der Waals surface area contributed by atoms with Crippen molar-refractivity contribution >= 4 is 34.9 Å². The van der Waals surface area contributed by atoms with E-state index in [2.05, 4.69) is 22.5 Å². The molecule has 3 aromatic rings. The Labute approximate surface area is 285 Å². The van der Waals surface area contributed by atoms with Crippen molar-refractivity contribution < 1.29 is 43.7 Å². The zero-order valence-electron chi connectivity index (χ0n) is 27.2. The molecule has 2 amide bonds. The summed E-state index contributed by atoms with van der Waals surface area (Å²) in [7, 11) is 0. The van der Waals surface area contributed by atoms with Crippen LogP contribution in [0.1, 0.15) is 52.6 Å². The van der Waals surface area contributed by atoms with Crippen LogP contribution >= 0.6 is 0 Å². The topological polar surface area (TPSA) is 192 Å². The molecule has 1 atom stereocenters. The first kappa shape index (κ1) is 34.7. The Hall–Kier alpha value is -6.61. The first-order valence-corrected chi connectivity index (χ1v) is 15.3. The zero-order valence-corrected chi connectivity index (χ0v) is 27.2. The molecule has 254 valence electrons. The van der Waals surface area contributed by atoms with E-state index in [1.165, 1.54) is 48.5 Å². The van der Waals surface area contributed by atoms with E-state index in [4.69, 9.17) is 9.15 Å². The number of benzene rings is 4. The number of amides is 2. The lowest BCUT2D eigenvalue weighted by Crippen LogP contribution is -2.44. The number of fused-ring (bicyclic) bond motifs is 2. The van der Waals surface area contributed by atoms with Crippen LogP contribution in [0.2, 0.25) is 0 Å². The van der Waals surface area contributed by atoms with Gasteiger partial charge < -0.3 is 35.1 Å². The Bertz CT molecular complexity index is 2220. The number of aromatic carboxylic acids is 1. The van der Waals surface area contributed by atoms with Crippen LogP contribution in [0.25, 0.3) is 33.4 Å². The Kier molecular flexibility index (Phi) is 9.89. The number of phenols is 1. The summed E-state index contributed by atoms with van der Waals surface area (Å²) < 4.78 is 11.0. The number of carboxylic acids is 2. The minimum absolute atomic E-state index is 0.0200. The van der Waals surface area contributed by atoms with E-state index in [0.717, 1.165) is 0 Å². The summed E-state index contributed by atoms with van der Waals surface area (Å²) in [5.74, 6) is 2.81. The molecule has 0 aromatic heterocycles. The van der Waals surface area contributed by atoms with Gasteiger partial charge in [0, 0.05) is 46.2 Å². The summed E-state index contributed by atoms with van der Waals surface area (Å²) in [6.07, 6.45) is -0.812. The van der Waals surface area contributed by atoms with Crippen LogP contribution in [0.4, 0.5) is 4.79 Å². The highest BCUT2D eigenvalue weighted by molar-refractivity contribution is 6.09. The van der Waals surface area contributed by atoms with Crippen LogP contribution in [-0.2, 0) is 16.0 Å². The van der Waals surface area contributed by atoms with Crippen molar-refractivity contribution in [3.05, 3.63) is 111 Å². The lowest BCUT2D eigenvalue weighted by Gasteiger charge is -2.22. The zero-order chi connectivity index (χ0) is 36.2. The van der Waals surface area contributed by atoms with E-state index in [0.29, 0.717) is 27.6 Å². The molecule has 50 heavy (non-hydrogen) atoms. The number of carbonyl (C=O) groups excluding carboxylic acids is 2. The summed E-state index contributed by atoms with van der Waals surface area (Å²) >= 11 is 0. The van der Waals surface area contributed by atoms with Crippen LogP contribution in [0.3, 0.4) is 0 Å². The molecule has 0 spiro atoms. The molecule has 0 unspecified atom stereocenters. The molecule has 1 heterocycles. The maximum atomic E-state index is 13.0. The van der Waals surface area contributed by atoms with Gasteiger partial charge in [-0.2, -0.15) is 0 Å². The first-order valence-electron chi connectivity index (χ1n) is 15.3. The van der Waals surface area contributed by atoms with E-state index in [9.17, 15) is 39.3 Å². The highest BCUT2D eigenvalue weighted by Crippen LogP contribution is 2.42. The minimum Gasteiger partial charge on any atom is -0.508 e. The summed E-state index contributed by atoms with van der Waals surface area (Å²) in [5.41, 5.74) is 1.53. The molecule has 0 saturated heterocycles. The summed E-state index contributed by atoms with van der Waals surface area (Å²) in [6, 6.07) is 18.3. The van der Waals surface area contributed by atoms with E-state index in [1.807, 2.05) is 0 Å². The average Bonchev–Trinajstić information content (AvgIpc) is 3.04. The van der Waals surface area contributed by atoms with E-state index >= 15 is 0 Å². The molecule has 2 aliphatic rings. The van der Waals surface area contributed by atoms with Gasteiger partial charge in [-0.1, -0.05) is 30.0 Å². The number of aromatic hydroxyl groups is 1. The molecule has 1 aliphatic carbocycles. The fourth-order valence-electron chi connectivity index (χ4n) is 5.21. The number of ether oxygens (including phenoxy) is 1. The Morgan fingerprint density at radius 3 is 2.30 bits per heavy atom. The maximum absolute atomic E-state index is 13.0. The molecular weight excluding hydrogens is 644 g/mol. The molecule has 12 nitrogen and oxygen atoms in total. The number of hydrogen-bond donors (Lipinski definition) is 5. The number of carbonyl (C=O) groups is 4. The van der Waals surface area contributed by atoms with Crippen molar-refractivity contribution in [2.75, 3.05) is 6.54 Å². The van der Waals surface area contributed by atoms with Crippen molar-refractivity contribution in [3.8, 4) is 40.0 Å². The van der Waals surface area contributed by atoms with Gasteiger partial charge in [0.05, 0.1) is 12.1 Å². The van der Waals surface area contributed by atoms with Crippen LogP contribution in [0.5, 0.6) is 5.75 Å². The van der Waals surface area contributed by atoms with Crippen LogP contribution < -0.4 is 16.1 Å². The van der Waals surface area contributed by atoms with E-state index in [1.54, 1.807) is 51.1 Å². The number of carboxylic acid groups (broad SMARTS) is 2. The van der Waals surface area contributed by atoms with Crippen molar-refractivity contribution in [1.29, 1.82) is 0 Å². The molecule has 1 aliphatic heterocycles. The van der Waals surface area contributed by atoms with Crippen molar-refractivity contribution in [2.24, 2.45) is 0 Å². The van der Waals surface area contributed by atoms with Crippen molar-refractivity contribution in [1.82, 2.24) is 10.6 Å². The van der Waals surface area contributed by atoms with Crippen LogP contribution in [0.15, 0.2) is 88.1 Å². The SMILES string of the molecule is CC(C)(C)OC(=O)N[C@@H](Cc1ccc(C#CCNC(=O)c2ccc(-c3c4ccc(=O)cc-4oc4cc(O)ccc34)c(C(=O)O)c2)cc1)C(=O)O. The second-order valence-electron chi connectivity index (χ2n) is 12.3. The molecule has 0 radical (unpaired) electrons. The fourth-order valence-corrected chi connectivity index (χ4v) is 5.21. The van der Waals surface area contributed by atoms with Gasteiger partial charge in [0.1, 0.15) is 28.7 Å². The smallest absolute Gasteiger partial charge is 0.408 e. The maximum Gasteiger partial charge on any atom is 0.408 e. The van der Waals surface area contributed by atoms with Gasteiger partial charge in [0.25, 0.3) is 5.91 Å². The number of hydrogen-bond acceptors (Lipinski definition) is 8. The third kappa shape index (κ3) is 8.26. The Morgan fingerprint density at radius 1 is 0.900 bits per heavy atom. The van der Waals surface area contributed by atoms with Crippen molar-refractivity contribution in [3.63, 3.8) is 0 Å². The number of aliphatic carboxylic acids is 1. The third-order valence-electron chi connectivity index (χ3n) is 7.41. The molecule has 3 aromatic carbocycles. The van der Waals surface area contributed by atoms with E-state index in [-0.39, 0.29) is 52.2 Å². The van der Waals surface area contributed by atoms with Crippen LogP contribution in [-0.4, -0.2) is 57.4 Å². The van der Waals surface area contributed by atoms with Crippen molar-refractivity contribution in [2.45, 2.75) is 38.8 Å². The number of rotatable bonds is 8. The molecule has 5 rings (SSSR count). The second kappa shape index (κ2) is 14.2. The summed E-state index contributed by atoms with van der Waals surface area (Å²) in [6.45, 7) is 4.97. The van der Waals surface area contributed by atoms with Gasteiger partial charge in [-0.3, -0.25) is 9.59 Å². The van der Waals surface area contributed by atoms with Gasteiger partial charge >= 0.3 is 18.0 Å². The molecule has 0 fully saturated rings. The largest absolute Gasteiger partial charge is 0.508 e. The fraction of sp³-hybridized carbons (Fsp3) is 0.184. The average molecular weight is 677 g/mol. The van der Waals surface area contributed by atoms with Gasteiger partial charge in [0.2, 0.25) is 0 Å². The number of phenolic OH excluding ortho intramolecular Hbond substituents is 1. The third-order valence-corrected chi connectivity index (χ3v) is 7.41. The lowest BCUT2D eigenvalue weighted by atomic mass is 9.90. The minimum atomic E-state index is -1.28. The van der Waals surface area contributed by atoms with Crippen LogP contribution in [0, 0.1) is 11.8 Å². The predicted octanol–water partition coefficient (Wildman–Crippen LogP) is 5.27. The summed E-state index contributed by atoms with van der Waals surface area (Å²) in [4.78, 5) is 61.2. The van der Waals surface area contributed by atoms with Gasteiger partial charge in [-0.05, 0) is 80.4 Å². The number of alkyl carbamates (subject to hydrolysis) is 1. The highest BCUT2D eigenvalue weighted by Gasteiger charge is 2.25. The molecule has 12 heteroatoms. The van der Waals surface area contributed by atoms with Gasteiger partial charge in [-0.15, -0.1) is 0 Å². The van der Waals surface area contributed by atoms with Gasteiger partial charge in [0.15, 0.2) is 5.43 Å². The standard InChI is InChI=1S/C38H32N2O10/c1-38(2,3)50-37(48)40-30(36(46)47)17-22-8-6-21(7-9-22)5-4-16-39-34(43)23-10-13-26(29(18-23)35(44)45)33-27-14-11-24(41)19-31(27)49-32-20-25(42)12-15-28(32)33/h6-15,18-20,30,41H,16-17H2,1-3H3,(H,39,43)(H,40,48)(H,44,45)(H,46,47)/t30-/m0/s1. The molecule has 0 bridgehead atoms. The molecule has 5 N–H and O–H groups in total. The lowest BCUT2D eigenvalue weighted by molar-refractivity contribution is -0.139.